The van der Waals surface area contributed by atoms with Gasteiger partial charge in [-0.25, -0.2) is 14.4 Å². The molecule has 0 radical (unpaired) electrons. The zero-order chi connectivity index (χ0) is 26.2. The molecule has 0 aromatic carbocycles. The maximum absolute atomic E-state index is 11.0. The number of unbranched alkanes of at least 4 members (excludes halogenated alkanes) is 1. The molecule has 0 heterocycles. The molecule has 0 aliphatic heterocycles. The minimum Gasteiger partial charge on any atom is -0.466 e. The highest BCUT2D eigenvalue weighted by Crippen LogP contribution is 2.12. The lowest BCUT2D eigenvalue weighted by atomic mass is 10.0. The standard InChI is InChI=1S/C11H20O2.C10H19NO2.C5H8O2/c1-4-7-8-10(5-2)9-13-11(12)6-3;1-5-11(6-2)7-8-13-10(12)9(3)4;1-4(2)5(6)7-3/h6,10H,3-5,7-9H2,1-2H3;3,5-8H2,1-2,4H3;1H2,2-3H3. The molecule has 0 saturated heterocycles. The number of hydrogen-bond donors (Lipinski definition) is 0. The molecule has 1 unspecified atom stereocenters. The van der Waals surface area contributed by atoms with Crippen molar-refractivity contribution in [2.45, 2.75) is 67.2 Å². The van der Waals surface area contributed by atoms with E-state index in [1.807, 2.05) is 0 Å². The van der Waals surface area contributed by atoms with Gasteiger partial charge >= 0.3 is 17.9 Å². The van der Waals surface area contributed by atoms with Gasteiger partial charge in [0.15, 0.2) is 0 Å². The molecule has 0 aliphatic carbocycles. The van der Waals surface area contributed by atoms with E-state index >= 15 is 0 Å². The average molecular weight is 470 g/mol. The lowest BCUT2D eigenvalue weighted by molar-refractivity contribution is -0.140. The maximum Gasteiger partial charge on any atom is 0.333 e. The number of esters is 3. The average Bonchev–Trinajstić information content (AvgIpc) is 2.81. The van der Waals surface area contributed by atoms with Crippen LogP contribution in [0.1, 0.15) is 67.2 Å². The Morgan fingerprint density at radius 3 is 1.82 bits per heavy atom. The summed E-state index contributed by atoms with van der Waals surface area (Å²) in [6.45, 7) is 25.7. The van der Waals surface area contributed by atoms with Crippen molar-refractivity contribution < 1.29 is 28.6 Å². The van der Waals surface area contributed by atoms with Crippen LogP contribution in [0.15, 0.2) is 37.0 Å². The molecule has 0 saturated carbocycles. The molecule has 0 rings (SSSR count). The third kappa shape index (κ3) is 24.1. The summed E-state index contributed by atoms with van der Waals surface area (Å²) < 4.78 is 14.2. The van der Waals surface area contributed by atoms with E-state index in [2.05, 4.69) is 57.1 Å². The fourth-order valence-electron chi connectivity index (χ4n) is 2.26. The van der Waals surface area contributed by atoms with E-state index in [1.54, 1.807) is 13.8 Å². The molecule has 7 heteroatoms. The predicted molar refractivity (Wildman–Crippen MR) is 135 cm³/mol. The SMILES string of the molecule is C=C(C)C(=O)OC.C=C(C)C(=O)OCCN(CC)CC.C=CC(=O)OCC(CC)CCCC. The van der Waals surface area contributed by atoms with Gasteiger partial charge < -0.3 is 19.1 Å². The molecule has 0 N–H and O–H groups in total. The summed E-state index contributed by atoms with van der Waals surface area (Å²) in [7, 11) is 1.33. The van der Waals surface area contributed by atoms with Crippen LogP contribution in [0.3, 0.4) is 0 Å². The van der Waals surface area contributed by atoms with Crippen LogP contribution in [-0.4, -0.2) is 62.8 Å². The third-order valence-corrected chi connectivity index (χ3v) is 4.59. The smallest absolute Gasteiger partial charge is 0.333 e. The van der Waals surface area contributed by atoms with Gasteiger partial charge in [-0.05, 0) is 39.3 Å². The van der Waals surface area contributed by atoms with Gasteiger partial charge in [0.25, 0.3) is 0 Å². The monoisotopic (exact) mass is 469 g/mol. The first-order valence-corrected chi connectivity index (χ1v) is 11.6. The summed E-state index contributed by atoms with van der Waals surface area (Å²) in [5, 5.41) is 0. The number of ether oxygens (including phenoxy) is 3. The second-order valence-electron chi connectivity index (χ2n) is 7.47. The molecule has 7 nitrogen and oxygen atoms in total. The highest BCUT2D eigenvalue weighted by Gasteiger charge is 2.07. The second kappa shape index (κ2) is 24.2. The van der Waals surface area contributed by atoms with E-state index in [0.29, 0.717) is 30.3 Å². The van der Waals surface area contributed by atoms with Gasteiger partial charge in [-0.3, -0.25) is 0 Å². The molecule has 0 fully saturated rings. The summed E-state index contributed by atoms with van der Waals surface area (Å²) in [4.78, 5) is 34.1. The molecule has 192 valence electrons. The van der Waals surface area contributed by atoms with Crippen LogP contribution in [0.25, 0.3) is 0 Å². The normalized spacial score (nSPS) is 10.4. The van der Waals surface area contributed by atoms with Crippen molar-refractivity contribution in [1.82, 2.24) is 4.90 Å². The highest BCUT2D eigenvalue weighted by atomic mass is 16.5. The Kier molecular flexibility index (Phi) is 25.8. The number of likely N-dealkylation sites (N-methyl/N-ethyl adjacent to an activating group) is 1. The van der Waals surface area contributed by atoms with E-state index in [1.165, 1.54) is 26.0 Å². The molecule has 0 aromatic heterocycles. The van der Waals surface area contributed by atoms with Crippen LogP contribution in [0.2, 0.25) is 0 Å². The van der Waals surface area contributed by atoms with Gasteiger partial charge in [-0.15, -0.1) is 0 Å². The topological polar surface area (TPSA) is 82.1 Å². The summed E-state index contributed by atoms with van der Waals surface area (Å²) in [5.74, 6) is -0.439. The quantitative estimate of drug-likeness (QED) is 0.198. The minimum absolute atomic E-state index is 0.299. The van der Waals surface area contributed by atoms with E-state index in [-0.39, 0.29) is 17.9 Å². The van der Waals surface area contributed by atoms with Crippen LogP contribution >= 0.6 is 0 Å². The van der Waals surface area contributed by atoms with Gasteiger partial charge in [0.05, 0.1) is 13.7 Å². The predicted octanol–water partition coefficient (Wildman–Crippen LogP) is 5.12. The van der Waals surface area contributed by atoms with Crippen molar-refractivity contribution in [3.8, 4) is 0 Å². The van der Waals surface area contributed by atoms with E-state index < -0.39 is 0 Å². The lowest BCUT2D eigenvalue weighted by Gasteiger charge is -2.17. The Balaban J connectivity index is -0.000000429. The molecule has 33 heavy (non-hydrogen) atoms. The van der Waals surface area contributed by atoms with Crippen LogP contribution in [-0.2, 0) is 28.6 Å². The number of carbonyl (C=O) groups is 3. The highest BCUT2D eigenvalue weighted by molar-refractivity contribution is 5.87. The number of carbonyl (C=O) groups excluding carboxylic acids is 3. The van der Waals surface area contributed by atoms with E-state index in [4.69, 9.17) is 9.47 Å². The van der Waals surface area contributed by atoms with Gasteiger partial charge in [0, 0.05) is 23.8 Å². The van der Waals surface area contributed by atoms with Crippen LogP contribution < -0.4 is 0 Å². The summed E-state index contributed by atoms with van der Waals surface area (Å²) in [5.41, 5.74) is 0.891. The molecule has 0 aliphatic rings. The minimum atomic E-state index is -0.347. The van der Waals surface area contributed by atoms with Crippen molar-refractivity contribution in [2.75, 3.05) is 40.0 Å². The number of rotatable bonds is 14. The fourth-order valence-corrected chi connectivity index (χ4v) is 2.26. The number of nitrogens with zero attached hydrogens (tertiary/aromatic N) is 1. The maximum atomic E-state index is 11.0. The largest absolute Gasteiger partial charge is 0.466 e. The summed E-state index contributed by atoms with van der Waals surface area (Å²) in [6, 6.07) is 0. The number of hydrogen-bond acceptors (Lipinski definition) is 7. The Labute approximate surface area is 201 Å². The first-order valence-electron chi connectivity index (χ1n) is 11.6. The van der Waals surface area contributed by atoms with Crippen LogP contribution in [0.4, 0.5) is 0 Å². The Bertz CT molecular complexity index is 581. The first kappa shape index (κ1) is 35.2. The molecule has 0 aromatic rings. The molecule has 1 atom stereocenters. The van der Waals surface area contributed by atoms with Crippen molar-refractivity contribution in [3.63, 3.8) is 0 Å². The fraction of sp³-hybridized carbons (Fsp3) is 0.654. The van der Waals surface area contributed by atoms with E-state index in [0.717, 1.165) is 32.5 Å². The van der Waals surface area contributed by atoms with Gasteiger partial charge in [-0.1, -0.05) is 66.7 Å². The molecule has 0 bridgehead atoms. The summed E-state index contributed by atoms with van der Waals surface area (Å²) in [6.07, 6.45) is 5.85. The third-order valence-electron chi connectivity index (χ3n) is 4.59. The molecular formula is C26H47NO6. The molecule has 0 spiro atoms. The van der Waals surface area contributed by atoms with Gasteiger partial charge in [0.2, 0.25) is 0 Å². The van der Waals surface area contributed by atoms with Crippen molar-refractivity contribution in [3.05, 3.63) is 37.0 Å². The Morgan fingerprint density at radius 1 is 0.939 bits per heavy atom. The molecule has 0 amide bonds. The van der Waals surface area contributed by atoms with Crippen molar-refractivity contribution in [2.24, 2.45) is 5.92 Å². The van der Waals surface area contributed by atoms with Crippen LogP contribution in [0, 0.1) is 5.92 Å². The zero-order valence-corrected chi connectivity index (χ0v) is 22.0. The lowest BCUT2D eigenvalue weighted by Crippen LogP contribution is -2.27. The van der Waals surface area contributed by atoms with Gasteiger partial charge in [-0.2, -0.15) is 0 Å². The molecular weight excluding hydrogens is 422 g/mol. The zero-order valence-electron chi connectivity index (χ0n) is 22.0. The van der Waals surface area contributed by atoms with Crippen molar-refractivity contribution in [1.29, 1.82) is 0 Å². The Hall–Kier alpha value is -2.41. The van der Waals surface area contributed by atoms with Crippen LogP contribution in [0.5, 0.6) is 0 Å². The van der Waals surface area contributed by atoms with E-state index in [9.17, 15) is 14.4 Å². The number of methoxy groups -OCH3 is 1. The van der Waals surface area contributed by atoms with Crippen molar-refractivity contribution >= 4 is 17.9 Å². The second-order valence-corrected chi connectivity index (χ2v) is 7.47. The van der Waals surface area contributed by atoms with Gasteiger partial charge in [0.1, 0.15) is 6.61 Å². The Morgan fingerprint density at radius 2 is 1.48 bits per heavy atom. The summed E-state index contributed by atoms with van der Waals surface area (Å²) >= 11 is 0. The first-order chi connectivity index (χ1) is 15.5.